The summed E-state index contributed by atoms with van der Waals surface area (Å²) < 4.78 is 11.3. The van der Waals surface area contributed by atoms with Crippen LogP contribution in [0.15, 0.2) is 0 Å². The van der Waals surface area contributed by atoms with Crippen LogP contribution in [-0.2, 0) is 9.40 Å². The van der Waals surface area contributed by atoms with Crippen LogP contribution in [0.25, 0.3) is 0 Å². The predicted molar refractivity (Wildman–Crippen MR) is 37.6 cm³/mol. The molecule has 0 aromatic rings. The molecule has 60 valence electrons. The molecule has 1 unspecified atom stereocenters. The highest BCUT2D eigenvalue weighted by Gasteiger charge is 2.28. The molecule has 0 aromatic heterocycles. The molecule has 7 heteroatoms. The van der Waals surface area contributed by atoms with E-state index in [0.717, 1.165) is 17.2 Å². The molecule has 10 heavy (non-hydrogen) atoms. The number of hydrogen-bond donors (Lipinski definition) is 2. The molecule has 1 atom stereocenters. The van der Waals surface area contributed by atoms with E-state index >= 15 is 0 Å². The topological polar surface area (TPSA) is 70.0 Å². The molecule has 1 fully saturated rings. The Bertz CT molecular complexity index is 151. The van der Waals surface area contributed by atoms with Crippen molar-refractivity contribution >= 4 is 16.5 Å². The standard InChI is InChI=1S/C3H9NO4P2/c5-10(6,7)4-8-2-1-3-9-4/h9H,1-3H2,(H2,5,6,7). The molecule has 0 bridgehead atoms. The number of hydrogen-bond acceptors (Lipinski definition) is 2. The van der Waals surface area contributed by atoms with Crippen molar-refractivity contribution in [1.82, 2.24) is 4.60 Å². The van der Waals surface area contributed by atoms with E-state index in [4.69, 9.17) is 14.6 Å². The molecule has 1 rings (SSSR count). The monoisotopic (exact) mass is 185 g/mol. The summed E-state index contributed by atoms with van der Waals surface area (Å²) in [6, 6.07) is 0. The van der Waals surface area contributed by atoms with Crippen molar-refractivity contribution in [3.63, 3.8) is 0 Å². The van der Waals surface area contributed by atoms with Crippen LogP contribution in [0, 0.1) is 0 Å². The molecule has 2 N–H and O–H groups in total. The van der Waals surface area contributed by atoms with E-state index in [1.807, 2.05) is 0 Å². The molecule has 0 radical (unpaired) electrons. The molecular formula is C3H9NO4P2. The Hall–Kier alpha value is 0.500. The lowest BCUT2D eigenvalue weighted by Gasteiger charge is -2.25. The summed E-state index contributed by atoms with van der Waals surface area (Å²) >= 11 is 0. The van der Waals surface area contributed by atoms with Crippen molar-refractivity contribution in [2.75, 3.05) is 12.8 Å². The first-order chi connectivity index (χ1) is 4.61. The maximum absolute atomic E-state index is 10.5. The number of nitrogens with zero attached hydrogens (tertiary/aromatic N) is 1. The van der Waals surface area contributed by atoms with Gasteiger partial charge < -0.3 is 9.79 Å². The van der Waals surface area contributed by atoms with E-state index < -0.39 is 7.75 Å². The van der Waals surface area contributed by atoms with Crippen molar-refractivity contribution in [2.24, 2.45) is 0 Å². The Kier molecular flexibility index (Phi) is 2.81. The third kappa shape index (κ3) is 2.27. The molecule has 1 aliphatic heterocycles. The number of rotatable bonds is 1. The van der Waals surface area contributed by atoms with Crippen molar-refractivity contribution in [1.29, 1.82) is 0 Å². The lowest BCUT2D eigenvalue weighted by Crippen LogP contribution is -2.17. The third-order valence-corrected chi connectivity index (χ3v) is 3.79. The van der Waals surface area contributed by atoms with Crippen LogP contribution in [-0.4, -0.2) is 27.2 Å². The Morgan fingerprint density at radius 2 is 2.30 bits per heavy atom. The summed E-state index contributed by atoms with van der Waals surface area (Å²) in [7, 11) is -4.03. The summed E-state index contributed by atoms with van der Waals surface area (Å²) in [4.78, 5) is 21.8. The molecule has 0 aliphatic carbocycles. The largest absolute Gasteiger partial charge is 0.429 e. The molecule has 0 spiro atoms. The van der Waals surface area contributed by atoms with Gasteiger partial charge in [-0.2, -0.15) is 0 Å². The zero-order valence-corrected chi connectivity index (χ0v) is 7.12. The van der Waals surface area contributed by atoms with Crippen molar-refractivity contribution in [3.8, 4) is 0 Å². The Labute approximate surface area is 60.4 Å². The highest BCUT2D eigenvalue weighted by Crippen LogP contribution is 2.49. The van der Waals surface area contributed by atoms with Gasteiger partial charge in [-0.1, -0.05) is 4.60 Å². The minimum absolute atomic E-state index is 0.0922. The van der Waals surface area contributed by atoms with Crippen LogP contribution in [0.5, 0.6) is 0 Å². The normalized spacial score (nSPS) is 25.4. The lowest BCUT2D eigenvalue weighted by atomic mass is 10.5. The smallest absolute Gasteiger partial charge is 0.311 e. The van der Waals surface area contributed by atoms with Crippen LogP contribution in [0.1, 0.15) is 6.42 Å². The SMILES string of the molecule is O=P(O)(O)N1OCCCP1. The quantitative estimate of drug-likeness (QED) is 0.575. The summed E-state index contributed by atoms with van der Waals surface area (Å²) in [5.74, 6) is 0. The van der Waals surface area contributed by atoms with Gasteiger partial charge in [-0.25, -0.2) is 4.57 Å². The fraction of sp³-hybridized carbons (Fsp3) is 1.00. The first-order valence-corrected chi connectivity index (χ1v) is 5.55. The van der Waals surface area contributed by atoms with Gasteiger partial charge in [-0.05, 0) is 21.3 Å². The lowest BCUT2D eigenvalue weighted by molar-refractivity contribution is -0.0379. The van der Waals surface area contributed by atoms with Crippen LogP contribution >= 0.6 is 16.5 Å². The van der Waals surface area contributed by atoms with E-state index in [2.05, 4.69) is 0 Å². The van der Waals surface area contributed by atoms with Gasteiger partial charge in [0.25, 0.3) is 0 Å². The fourth-order valence-electron chi connectivity index (χ4n) is 0.611. The van der Waals surface area contributed by atoms with Gasteiger partial charge in [-0.3, -0.25) is 4.84 Å². The second-order valence-electron chi connectivity index (χ2n) is 1.88. The maximum atomic E-state index is 10.5. The minimum atomic E-state index is -4.12. The van der Waals surface area contributed by atoms with E-state index in [1.165, 1.54) is 0 Å². The van der Waals surface area contributed by atoms with Gasteiger partial charge in [0.1, 0.15) is 0 Å². The van der Waals surface area contributed by atoms with Gasteiger partial charge in [0, 0.05) is 0 Å². The van der Waals surface area contributed by atoms with Crippen molar-refractivity contribution in [2.45, 2.75) is 6.42 Å². The fourth-order valence-corrected chi connectivity index (χ4v) is 2.56. The molecular weight excluding hydrogens is 176 g/mol. The molecule has 0 saturated carbocycles. The van der Waals surface area contributed by atoms with Crippen LogP contribution in [0.4, 0.5) is 0 Å². The maximum Gasteiger partial charge on any atom is 0.429 e. The predicted octanol–water partition coefficient (Wildman–Crippen LogP) is 0.310. The van der Waals surface area contributed by atoms with Gasteiger partial charge in [-0.15, -0.1) is 0 Å². The first kappa shape index (κ1) is 8.60. The minimum Gasteiger partial charge on any atom is -0.311 e. The Morgan fingerprint density at radius 1 is 1.60 bits per heavy atom. The van der Waals surface area contributed by atoms with Crippen LogP contribution < -0.4 is 0 Å². The van der Waals surface area contributed by atoms with Crippen molar-refractivity contribution in [3.05, 3.63) is 0 Å². The zero-order chi connectivity index (χ0) is 7.61. The van der Waals surface area contributed by atoms with Gasteiger partial charge in [0.15, 0.2) is 0 Å². The molecule has 0 aromatic carbocycles. The van der Waals surface area contributed by atoms with Crippen LogP contribution in [0.2, 0.25) is 0 Å². The van der Waals surface area contributed by atoms with Gasteiger partial charge in [0.2, 0.25) is 0 Å². The third-order valence-electron chi connectivity index (χ3n) is 1.02. The molecule has 1 aliphatic rings. The highest BCUT2D eigenvalue weighted by atomic mass is 31.2. The first-order valence-electron chi connectivity index (χ1n) is 2.83. The van der Waals surface area contributed by atoms with Crippen LogP contribution in [0.3, 0.4) is 0 Å². The summed E-state index contributed by atoms with van der Waals surface area (Å²) in [5, 5.41) is 0. The second kappa shape index (κ2) is 3.26. The Balaban J connectivity index is 2.47. The van der Waals surface area contributed by atoms with E-state index in [-0.39, 0.29) is 8.73 Å². The average molecular weight is 185 g/mol. The highest BCUT2D eigenvalue weighted by molar-refractivity contribution is 7.59. The van der Waals surface area contributed by atoms with Crippen molar-refractivity contribution < 1.29 is 19.2 Å². The zero-order valence-electron chi connectivity index (χ0n) is 5.23. The van der Waals surface area contributed by atoms with E-state index in [0.29, 0.717) is 6.61 Å². The van der Waals surface area contributed by atoms with E-state index in [1.54, 1.807) is 0 Å². The van der Waals surface area contributed by atoms with Gasteiger partial charge >= 0.3 is 7.75 Å². The summed E-state index contributed by atoms with van der Waals surface area (Å²) in [6.07, 6.45) is 1.69. The second-order valence-corrected chi connectivity index (χ2v) is 4.87. The van der Waals surface area contributed by atoms with E-state index in [9.17, 15) is 4.57 Å². The summed E-state index contributed by atoms with van der Waals surface area (Å²) in [6.45, 7) is 0.415. The molecule has 1 heterocycles. The van der Waals surface area contributed by atoms with Gasteiger partial charge in [0.05, 0.1) is 6.61 Å². The Morgan fingerprint density at radius 3 is 2.60 bits per heavy atom. The molecule has 1 saturated heterocycles. The average Bonchev–Trinajstić information content (AvgIpc) is 1.88. The molecule has 5 nitrogen and oxygen atoms in total. The molecule has 0 amide bonds. The summed E-state index contributed by atoms with van der Waals surface area (Å²) in [5.41, 5.74) is 0.